The van der Waals surface area contributed by atoms with Crippen LogP contribution in [0.25, 0.3) is 77.9 Å². The van der Waals surface area contributed by atoms with Crippen LogP contribution >= 0.6 is 0 Å². The fraction of sp³-hybridized carbons (Fsp3) is 0.0909. The second-order valence-electron chi connectivity index (χ2n) is 13.5. The molecule has 0 saturated heterocycles. The van der Waals surface area contributed by atoms with Crippen LogP contribution < -0.4 is 0 Å². The van der Waals surface area contributed by atoms with Crippen LogP contribution in [-0.4, -0.2) is 28.7 Å². The lowest BCUT2D eigenvalue weighted by Gasteiger charge is -2.12. The van der Waals surface area contributed by atoms with E-state index in [0.717, 1.165) is 68.3 Å². The van der Waals surface area contributed by atoms with Gasteiger partial charge in [-0.1, -0.05) is 72.8 Å². The molecule has 10 rings (SSSR count). The standard InChI is InChI=1S/2C22H14F3N3/c1-13-6-2-3-7-15(13)20-26-17-9-5-4-8-16(17)21-27-18-12-14(22(23,24)25)10-11-19(18)28(20)21;1-13-6-2-3-7-15(13)20-26-17-9-5-4-8-16(17)21-27-18-11-10-14(22(23,24)25)12-19(18)28(20)21/h2*2-12H,1H3. The van der Waals surface area contributed by atoms with Crippen LogP contribution in [0.2, 0.25) is 0 Å². The molecule has 0 aliphatic heterocycles. The van der Waals surface area contributed by atoms with Gasteiger partial charge in [0.05, 0.1) is 44.2 Å². The molecule has 0 spiro atoms. The highest BCUT2D eigenvalue weighted by molar-refractivity contribution is 6.00. The Labute approximate surface area is 314 Å². The lowest BCUT2D eigenvalue weighted by atomic mass is 10.1. The average Bonchev–Trinajstić information content (AvgIpc) is 3.77. The molecule has 0 aliphatic carbocycles. The fourth-order valence-corrected chi connectivity index (χ4v) is 7.16. The minimum Gasteiger partial charge on any atom is -0.276 e. The third-order valence-corrected chi connectivity index (χ3v) is 9.90. The summed E-state index contributed by atoms with van der Waals surface area (Å²) in [5, 5.41) is 1.59. The zero-order valence-corrected chi connectivity index (χ0v) is 29.7. The molecule has 12 heteroatoms. The first-order chi connectivity index (χ1) is 26.9. The summed E-state index contributed by atoms with van der Waals surface area (Å²) in [6, 6.07) is 37.9. The monoisotopic (exact) mass is 754 g/mol. The number of imidazole rings is 2. The number of nitrogens with zero attached hydrogens (tertiary/aromatic N) is 6. The van der Waals surface area contributed by atoms with E-state index in [1.54, 1.807) is 4.40 Å². The zero-order chi connectivity index (χ0) is 38.9. The molecule has 276 valence electrons. The molecule has 4 heterocycles. The van der Waals surface area contributed by atoms with Gasteiger partial charge in [0.1, 0.15) is 22.9 Å². The second-order valence-corrected chi connectivity index (χ2v) is 13.5. The molecule has 0 atom stereocenters. The quantitative estimate of drug-likeness (QED) is 0.165. The van der Waals surface area contributed by atoms with Crippen LogP contribution in [-0.2, 0) is 12.4 Å². The summed E-state index contributed by atoms with van der Waals surface area (Å²) < 4.78 is 83.1. The molecule has 0 unspecified atom stereocenters. The minimum atomic E-state index is -4.43. The number of hydrogen-bond donors (Lipinski definition) is 0. The maximum absolute atomic E-state index is 13.3. The second kappa shape index (κ2) is 12.9. The van der Waals surface area contributed by atoms with E-state index < -0.39 is 23.5 Å². The van der Waals surface area contributed by atoms with Gasteiger partial charge in [0.15, 0.2) is 0 Å². The van der Waals surface area contributed by atoms with E-state index in [4.69, 9.17) is 9.97 Å². The molecule has 56 heavy (non-hydrogen) atoms. The molecule has 0 fully saturated rings. The normalized spacial score (nSPS) is 12.3. The molecule has 6 aromatic carbocycles. The molecule has 6 nitrogen and oxygen atoms in total. The van der Waals surface area contributed by atoms with Crippen molar-refractivity contribution in [1.82, 2.24) is 28.7 Å². The number of fused-ring (bicyclic) bond motifs is 10. The highest BCUT2D eigenvalue weighted by Gasteiger charge is 2.32. The molecule has 0 saturated carbocycles. The number of aryl methyl sites for hydroxylation is 2. The predicted molar refractivity (Wildman–Crippen MR) is 206 cm³/mol. The lowest BCUT2D eigenvalue weighted by Crippen LogP contribution is -2.05. The van der Waals surface area contributed by atoms with Crippen molar-refractivity contribution >= 4 is 55.2 Å². The van der Waals surface area contributed by atoms with Crippen LogP contribution in [0.4, 0.5) is 26.3 Å². The number of alkyl halides is 6. The molecule has 4 aromatic heterocycles. The highest BCUT2D eigenvalue weighted by atomic mass is 19.4. The van der Waals surface area contributed by atoms with Crippen molar-refractivity contribution in [3.05, 3.63) is 156 Å². The third kappa shape index (κ3) is 5.85. The van der Waals surface area contributed by atoms with Crippen LogP contribution in [0, 0.1) is 13.8 Å². The summed E-state index contributed by atoms with van der Waals surface area (Å²) in [5.74, 6) is 1.24. The molecular weight excluding hydrogens is 727 g/mol. The van der Waals surface area contributed by atoms with E-state index in [0.29, 0.717) is 45.0 Å². The first-order valence-corrected chi connectivity index (χ1v) is 17.5. The van der Waals surface area contributed by atoms with Gasteiger partial charge in [0.2, 0.25) is 0 Å². The molecule has 0 N–H and O–H groups in total. The maximum atomic E-state index is 13.3. The van der Waals surface area contributed by atoms with Crippen molar-refractivity contribution in [2.75, 3.05) is 0 Å². The number of aromatic nitrogens is 6. The van der Waals surface area contributed by atoms with Crippen molar-refractivity contribution in [3.63, 3.8) is 0 Å². The largest absolute Gasteiger partial charge is 0.416 e. The Kier molecular flexibility index (Phi) is 8.04. The minimum absolute atomic E-state index is 0.294. The summed E-state index contributed by atoms with van der Waals surface area (Å²) in [5.41, 5.74) is 6.84. The third-order valence-electron chi connectivity index (χ3n) is 9.90. The number of para-hydroxylation sites is 2. The number of rotatable bonds is 2. The molecule has 0 radical (unpaired) electrons. The average molecular weight is 755 g/mol. The van der Waals surface area contributed by atoms with Crippen LogP contribution in [0.15, 0.2) is 133 Å². The topological polar surface area (TPSA) is 60.4 Å². The molecule has 10 aromatic rings. The van der Waals surface area contributed by atoms with Crippen molar-refractivity contribution < 1.29 is 26.3 Å². The Balaban J connectivity index is 0.000000146. The van der Waals surface area contributed by atoms with E-state index in [-0.39, 0.29) is 0 Å². The Morgan fingerprint density at radius 1 is 0.411 bits per heavy atom. The molecular formula is C44H28F6N6. The smallest absolute Gasteiger partial charge is 0.276 e. The van der Waals surface area contributed by atoms with Crippen LogP contribution in [0.5, 0.6) is 0 Å². The van der Waals surface area contributed by atoms with Crippen molar-refractivity contribution in [1.29, 1.82) is 0 Å². The van der Waals surface area contributed by atoms with E-state index in [1.165, 1.54) is 12.1 Å². The first kappa shape index (κ1) is 34.9. The summed E-state index contributed by atoms with van der Waals surface area (Å²) in [7, 11) is 0. The number of benzene rings is 6. The van der Waals surface area contributed by atoms with Gasteiger partial charge in [0.25, 0.3) is 0 Å². The van der Waals surface area contributed by atoms with Gasteiger partial charge >= 0.3 is 12.4 Å². The van der Waals surface area contributed by atoms with Crippen molar-refractivity contribution in [3.8, 4) is 22.8 Å². The Hall–Kier alpha value is -6.82. The summed E-state index contributed by atoms with van der Waals surface area (Å²) in [6.07, 6.45) is -8.84. The molecule has 0 aliphatic rings. The first-order valence-electron chi connectivity index (χ1n) is 17.5. The van der Waals surface area contributed by atoms with Crippen molar-refractivity contribution in [2.45, 2.75) is 26.2 Å². The summed E-state index contributed by atoms with van der Waals surface area (Å²) >= 11 is 0. The van der Waals surface area contributed by atoms with Gasteiger partial charge in [0, 0.05) is 21.9 Å². The van der Waals surface area contributed by atoms with Gasteiger partial charge in [-0.25, -0.2) is 19.9 Å². The zero-order valence-electron chi connectivity index (χ0n) is 29.7. The summed E-state index contributed by atoms with van der Waals surface area (Å²) in [6.45, 7) is 3.94. The maximum Gasteiger partial charge on any atom is 0.416 e. The van der Waals surface area contributed by atoms with Crippen LogP contribution in [0.1, 0.15) is 22.3 Å². The van der Waals surface area contributed by atoms with E-state index in [9.17, 15) is 26.3 Å². The number of hydrogen-bond acceptors (Lipinski definition) is 4. The SMILES string of the molecule is Cc1ccccc1-c1nc2ccccc2c2nc3cc(C(F)(F)F)ccc3n12.Cc1ccccc1-c1nc2ccccc2c2nc3ccc(C(F)(F)F)cc3n12. The van der Waals surface area contributed by atoms with Gasteiger partial charge in [-0.3, -0.25) is 8.80 Å². The van der Waals surface area contributed by atoms with Crippen LogP contribution in [0.3, 0.4) is 0 Å². The Morgan fingerprint density at radius 3 is 1.39 bits per heavy atom. The fourth-order valence-electron chi connectivity index (χ4n) is 7.16. The van der Waals surface area contributed by atoms with Gasteiger partial charge in [-0.05, 0) is 85.6 Å². The molecule has 0 amide bonds. The van der Waals surface area contributed by atoms with E-state index in [2.05, 4.69) is 9.97 Å². The number of halogens is 6. The lowest BCUT2D eigenvalue weighted by molar-refractivity contribution is -0.138. The highest BCUT2D eigenvalue weighted by Crippen LogP contribution is 2.37. The van der Waals surface area contributed by atoms with E-state index >= 15 is 0 Å². The van der Waals surface area contributed by atoms with Gasteiger partial charge in [-0.2, -0.15) is 26.3 Å². The Bertz CT molecular complexity index is 3120. The van der Waals surface area contributed by atoms with E-state index in [1.807, 2.05) is 115 Å². The summed E-state index contributed by atoms with van der Waals surface area (Å²) in [4.78, 5) is 18.8. The molecule has 0 bridgehead atoms. The van der Waals surface area contributed by atoms with Gasteiger partial charge in [-0.15, -0.1) is 0 Å². The Morgan fingerprint density at radius 2 is 0.857 bits per heavy atom. The van der Waals surface area contributed by atoms with Crippen molar-refractivity contribution in [2.24, 2.45) is 0 Å². The predicted octanol–water partition coefficient (Wildman–Crippen LogP) is 12.1. The van der Waals surface area contributed by atoms with Gasteiger partial charge < -0.3 is 0 Å².